The van der Waals surface area contributed by atoms with Crippen molar-refractivity contribution >= 4 is 17.2 Å². The van der Waals surface area contributed by atoms with E-state index >= 15 is 0 Å². The molecule has 0 aliphatic rings. The number of aromatic nitrogens is 1. The van der Waals surface area contributed by atoms with Crippen LogP contribution in [0.1, 0.15) is 25.5 Å². The van der Waals surface area contributed by atoms with Crippen LogP contribution < -0.4 is 15.9 Å². The van der Waals surface area contributed by atoms with Gasteiger partial charge in [0.2, 0.25) is 5.91 Å². The maximum absolute atomic E-state index is 11.7. The Labute approximate surface area is 98.1 Å². The highest BCUT2D eigenvalue weighted by Crippen LogP contribution is 2.05. The minimum atomic E-state index is -0.129. The molecule has 0 saturated carbocycles. The van der Waals surface area contributed by atoms with Crippen LogP contribution in [0.15, 0.2) is 10.2 Å². The van der Waals surface area contributed by atoms with Crippen molar-refractivity contribution in [1.82, 2.24) is 10.3 Å². The third-order valence-electron chi connectivity index (χ3n) is 2.32. The van der Waals surface area contributed by atoms with E-state index in [-0.39, 0.29) is 16.7 Å². The molecule has 0 fully saturated rings. The molecular formula is C10H17N3O2S. The van der Waals surface area contributed by atoms with Gasteiger partial charge in [-0.2, -0.15) is 0 Å². The lowest BCUT2D eigenvalue weighted by Gasteiger charge is -2.13. The second-order valence-electron chi connectivity index (χ2n) is 3.61. The van der Waals surface area contributed by atoms with E-state index in [4.69, 9.17) is 5.73 Å². The predicted molar refractivity (Wildman–Crippen MR) is 64.2 cm³/mol. The molecule has 0 aromatic carbocycles. The van der Waals surface area contributed by atoms with E-state index in [0.29, 0.717) is 13.1 Å². The minimum Gasteiger partial charge on any atom is -0.350 e. The van der Waals surface area contributed by atoms with Crippen LogP contribution in [0.5, 0.6) is 0 Å². The summed E-state index contributed by atoms with van der Waals surface area (Å²) >= 11 is 1.09. The van der Waals surface area contributed by atoms with Crippen molar-refractivity contribution < 1.29 is 4.79 Å². The third kappa shape index (κ3) is 3.79. The number of thiazole rings is 1. The fourth-order valence-corrected chi connectivity index (χ4v) is 2.01. The maximum Gasteiger partial charge on any atom is 0.304 e. The summed E-state index contributed by atoms with van der Waals surface area (Å²) in [6.45, 7) is 2.74. The lowest BCUT2D eigenvalue weighted by Crippen LogP contribution is -2.34. The summed E-state index contributed by atoms with van der Waals surface area (Å²) in [5.41, 5.74) is 6.25. The molecule has 0 radical (unpaired) electrons. The first-order valence-corrected chi connectivity index (χ1v) is 6.19. The highest BCUT2D eigenvalue weighted by Gasteiger charge is 2.15. The number of aromatic amines is 1. The molecule has 0 aliphatic carbocycles. The van der Waals surface area contributed by atoms with Gasteiger partial charge in [0, 0.05) is 17.6 Å². The first kappa shape index (κ1) is 12.9. The normalized spacial score (nSPS) is 12.4. The van der Waals surface area contributed by atoms with Crippen LogP contribution >= 0.6 is 11.3 Å². The van der Waals surface area contributed by atoms with Gasteiger partial charge in [-0.1, -0.05) is 24.7 Å². The van der Waals surface area contributed by atoms with E-state index in [1.807, 2.05) is 6.92 Å². The predicted octanol–water partition coefficient (Wildman–Crippen LogP) is 0.428. The van der Waals surface area contributed by atoms with Crippen LogP contribution in [0.25, 0.3) is 0 Å². The molecule has 0 spiro atoms. The van der Waals surface area contributed by atoms with E-state index in [0.717, 1.165) is 29.9 Å². The molecule has 5 nitrogen and oxygen atoms in total. The van der Waals surface area contributed by atoms with Crippen molar-refractivity contribution in [2.75, 3.05) is 6.54 Å². The topological polar surface area (TPSA) is 88.0 Å². The molecule has 1 aromatic rings. The van der Waals surface area contributed by atoms with E-state index in [1.54, 1.807) is 5.38 Å². The molecule has 90 valence electrons. The molecule has 1 heterocycles. The number of nitrogens with one attached hydrogen (secondary N) is 2. The average Bonchev–Trinajstić information content (AvgIpc) is 2.68. The minimum absolute atomic E-state index is 0.0450. The number of H-pyrrole nitrogens is 1. The van der Waals surface area contributed by atoms with Crippen molar-refractivity contribution in [3.05, 3.63) is 20.7 Å². The number of carbonyl (C=O) groups is 1. The Morgan fingerprint density at radius 2 is 2.44 bits per heavy atom. The van der Waals surface area contributed by atoms with Crippen LogP contribution in [0.3, 0.4) is 0 Å². The Bertz CT molecular complexity index is 385. The van der Waals surface area contributed by atoms with Crippen LogP contribution in [0.2, 0.25) is 0 Å². The van der Waals surface area contributed by atoms with Crippen molar-refractivity contribution in [1.29, 1.82) is 0 Å². The largest absolute Gasteiger partial charge is 0.350 e. The fourth-order valence-electron chi connectivity index (χ4n) is 1.43. The number of carbonyl (C=O) groups excluding carboxylic acids is 1. The molecule has 16 heavy (non-hydrogen) atoms. The van der Waals surface area contributed by atoms with Gasteiger partial charge in [0.05, 0.1) is 12.5 Å². The smallest absolute Gasteiger partial charge is 0.304 e. The summed E-state index contributed by atoms with van der Waals surface area (Å²) in [5.74, 6) is -0.174. The summed E-state index contributed by atoms with van der Waals surface area (Å²) in [6.07, 6.45) is 1.73. The number of amides is 1. The Morgan fingerprint density at radius 3 is 2.94 bits per heavy atom. The quantitative estimate of drug-likeness (QED) is 0.677. The highest BCUT2D eigenvalue weighted by molar-refractivity contribution is 7.07. The molecule has 0 aliphatic heterocycles. The number of nitrogens with two attached hydrogens (primary N) is 1. The Kier molecular flexibility index (Phi) is 5.21. The van der Waals surface area contributed by atoms with Crippen molar-refractivity contribution in [2.45, 2.75) is 26.3 Å². The summed E-state index contributed by atoms with van der Waals surface area (Å²) < 4.78 is 0. The van der Waals surface area contributed by atoms with Crippen LogP contribution in [0, 0.1) is 5.92 Å². The van der Waals surface area contributed by atoms with Gasteiger partial charge in [-0.15, -0.1) is 0 Å². The molecule has 1 amide bonds. The van der Waals surface area contributed by atoms with E-state index in [9.17, 15) is 9.59 Å². The molecule has 1 atom stereocenters. The molecule has 1 rings (SSSR count). The van der Waals surface area contributed by atoms with E-state index in [2.05, 4.69) is 10.3 Å². The van der Waals surface area contributed by atoms with Gasteiger partial charge in [-0.05, 0) is 6.42 Å². The molecule has 4 N–H and O–H groups in total. The Hall–Kier alpha value is -1.14. The van der Waals surface area contributed by atoms with Crippen LogP contribution in [-0.2, 0) is 11.3 Å². The number of rotatable bonds is 6. The first-order chi connectivity index (χ1) is 7.67. The maximum atomic E-state index is 11.7. The molecule has 1 unspecified atom stereocenters. The van der Waals surface area contributed by atoms with Gasteiger partial charge in [-0.3, -0.25) is 9.59 Å². The zero-order valence-electron chi connectivity index (χ0n) is 9.29. The van der Waals surface area contributed by atoms with E-state index in [1.165, 1.54) is 0 Å². The summed E-state index contributed by atoms with van der Waals surface area (Å²) in [6, 6.07) is 0. The molecular weight excluding hydrogens is 226 g/mol. The van der Waals surface area contributed by atoms with E-state index < -0.39 is 0 Å². The second-order valence-corrected chi connectivity index (χ2v) is 4.45. The van der Waals surface area contributed by atoms with Gasteiger partial charge in [0.15, 0.2) is 0 Å². The molecule has 0 bridgehead atoms. The number of hydrogen-bond acceptors (Lipinski definition) is 4. The molecule has 0 saturated heterocycles. The second kappa shape index (κ2) is 6.44. The SMILES string of the molecule is CCCC(CN)C(=O)NCc1csc(=O)[nH]1. The standard InChI is InChI=1S/C10H17N3O2S/c1-2-3-7(4-11)9(14)12-5-8-6-16-10(15)13-8/h6-7H,2-5,11H2,1H3,(H,12,14)(H,13,15). The van der Waals surface area contributed by atoms with Gasteiger partial charge in [0.1, 0.15) is 0 Å². The van der Waals surface area contributed by atoms with Gasteiger partial charge in [-0.25, -0.2) is 0 Å². The molecule has 6 heteroatoms. The Morgan fingerprint density at radius 1 is 1.69 bits per heavy atom. The van der Waals surface area contributed by atoms with Crippen molar-refractivity contribution in [2.24, 2.45) is 11.7 Å². The van der Waals surface area contributed by atoms with Crippen LogP contribution in [-0.4, -0.2) is 17.4 Å². The Balaban J connectivity index is 2.42. The average molecular weight is 243 g/mol. The molecule has 1 aromatic heterocycles. The zero-order chi connectivity index (χ0) is 12.0. The highest BCUT2D eigenvalue weighted by atomic mass is 32.1. The number of hydrogen-bond donors (Lipinski definition) is 3. The van der Waals surface area contributed by atoms with Gasteiger partial charge >= 0.3 is 4.87 Å². The lowest BCUT2D eigenvalue weighted by molar-refractivity contribution is -0.125. The van der Waals surface area contributed by atoms with Crippen LogP contribution in [0.4, 0.5) is 0 Å². The van der Waals surface area contributed by atoms with Crippen molar-refractivity contribution in [3.8, 4) is 0 Å². The first-order valence-electron chi connectivity index (χ1n) is 5.31. The zero-order valence-corrected chi connectivity index (χ0v) is 10.1. The fraction of sp³-hybridized carbons (Fsp3) is 0.600. The summed E-state index contributed by atoms with van der Waals surface area (Å²) in [7, 11) is 0. The van der Waals surface area contributed by atoms with Crippen molar-refractivity contribution in [3.63, 3.8) is 0 Å². The summed E-state index contributed by atoms with van der Waals surface area (Å²) in [4.78, 5) is 25.1. The van der Waals surface area contributed by atoms with Gasteiger partial charge < -0.3 is 16.0 Å². The summed E-state index contributed by atoms with van der Waals surface area (Å²) in [5, 5.41) is 4.47. The third-order valence-corrected chi connectivity index (χ3v) is 3.03. The lowest BCUT2D eigenvalue weighted by atomic mass is 10.0. The van der Waals surface area contributed by atoms with Gasteiger partial charge in [0.25, 0.3) is 0 Å². The monoisotopic (exact) mass is 243 g/mol.